The van der Waals surface area contributed by atoms with Crippen LogP contribution in [0.15, 0.2) is 53.6 Å². The highest BCUT2D eigenvalue weighted by Crippen LogP contribution is 2.30. The number of carbonyl (C=O) groups is 2. The minimum absolute atomic E-state index is 0.0551. The van der Waals surface area contributed by atoms with E-state index >= 15 is 0 Å². The molecule has 2 aliphatic carbocycles. The molecule has 0 fully saturated rings. The van der Waals surface area contributed by atoms with E-state index in [0.717, 1.165) is 12.8 Å². The minimum Gasteiger partial charge on any atom is -0.507 e. The van der Waals surface area contributed by atoms with Crippen LogP contribution in [-0.2, 0) is 4.79 Å². The van der Waals surface area contributed by atoms with Crippen molar-refractivity contribution in [3.05, 3.63) is 64.8 Å². The number of fused-ring (bicyclic) bond motifs is 1. The van der Waals surface area contributed by atoms with Gasteiger partial charge in [0.2, 0.25) is 11.6 Å². The van der Waals surface area contributed by atoms with Gasteiger partial charge in [-0.15, -0.1) is 11.6 Å². The van der Waals surface area contributed by atoms with E-state index in [9.17, 15) is 14.7 Å². The first-order valence-corrected chi connectivity index (χ1v) is 8.13. The molecule has 1 atom stereocenters. The summed E-state index contributed by atoms with van der Waals surface area (Å²) >= 11 is 5.99. The molecule has 0 aromatic heterocycles. The molecular formula is C19H17ClO3. The average molecular weight is 329 g/mol. The second-order valence-electron chi connectivity index (χ2n) is 5.77. The van der Waals surface area contributed by atoms with Crippen molar-refractivity contribution < 1.29 is 14.7 Å². The Morgan fingerprint density at radius 1 is 1.09 bits per heavy atom. The summed E-state index contributed by atoms with van der Waals surface area (Å²) in [6.07, 6.45) is 8.74. The zero-order valence-electron chi connectivity index (χ0n) is 12.6. The van der Waals surface area contributed by atoms with E-state index < -0.39 is 11.6 Å². The number of carbonyl (C=O) groups excluding carboxylic acids is 2. The largest absolute Gasteiger partial charge is 0.507 e. The van der Waals surface area contributed by atoms with Gasteiger partial charge >= 0.3 is 0 Å². The Balaban J connectivity index is 1.73. The number of allylic oxidation sites excluding steroid dienone is 5. The minimum atomic E-state index is -0.588. The normalized spacial score (nSPS) is 20.6. The van der Waals surface area contributed by atoms with Crippen LogP contribution in [0.1, 0.15) is 41.6 Å². The van der Waals surface area contributed by atoms with E-state index in [4.69, 9.17) is 11.6 Å². The van der Waals surface area contributed by atoms with Crippen LogP contribution in [0.5, 0.6) is 0 Å². The van der Waals surface area contributed by atoms with Crippen molar-refractivity contribution in [2.24, 2.45) is 0 Å². The SMILES string of the molecule is O=C1C(=O)c2ccccc2C(O)=C1CCCC1=CCC(Cl)C=C1. The Kier molecular flexibility index (Phi) is 4.49. The number of alkyl halides is 1. The standard InChI is InChI=1S/C19H17ClO3/c20-13-10-8-12(9-11-13)4-3-7-16-17(21)14-5-1-2-6-15(14)18(22)19(16)23/h1-2,5-6,8-10,13,21H,3-4,7,11H2. The molecule has 0 saturated carbocycles. The number of aliphatic hydroxyl groups excluding tert-OH is 1. The molecule has 1 aromatic carbocycles. The Hall–Kier alpha value is -2.13. The topological polar surface area (TPSA) is 54.4 Å². The van der Waals surface area contributed by atoms with Crippen molar-refractivity contribution in [2.45, 2.75) is 31.1 Å². The quantitative estimate of drug-likeness (QED) is 0.659. The first kappa shape index (κ1) is 15.8. The van der Waals surface area contributed by atoms with Gasteiger partial charge in [-0.25, -0.2) is 0 Å². The lowest BCUT2D eigenvalue weighted by Crippen LogP contribution is -2.24. The molecule has 23 heavy (non-hydrogen) atoms. The first-order chi connectivity index (χ1) is 11.1. The summed E-state index contributed by atoms with van der Waals surface area (Å²) in [6.45, 7) is 0. The highest BCUT2D eigenvalue weighted by Gasteiger charge is 2.31. The highest BCUT2D eigenvalue weighted by atomic mass is 35.5. The number of rotatable bonds is 4. The fraction of sp³-hybridized carbons (Fsp3) is 0.263. The number of halogens is 1. The van der Waals surface area contributed by atoms with E-state index in [1.165, 1.54) is 5.57 Å². The third-order valence-electron chi connectivity index (χ3n) is 4.21. The maximum absolute atomic E-state index is 12.2. The van der Waals surface area contributed by atoms with Crippen LogP contribution in [0.3, 0.4) is 0 Å². The molecule has 1 unspecified atom stereocenters. The van der Waals surface area contributed by atoms with Gasteiger partial charge in [0.1, 0.15) is 5.76 Å². The Morgan fingerprint density at radius 3 is 2.52 bits per heavy atom. The summed E-state index contributed by atoms with van der Waals surface area (Å²) in [6, 6.07) is 6.68. The van der Waals surface area contributed by atoms with Gasteiger partial charge in [0.15, 0.2) is 0 Å². The summed E-state index contributed by atoms with van der Waals surface area (Å²) in [7, 11) is 0. The number of hydrogen-bond acceptors (Lipinski definition) is 3. The molecule has 0 radical (unpaired) electrons. The predicted octanol–water partition coefficient (Wildman–Crippen LogP) is 4.39. The van der Waals surface area contributed by atoms with Gasteiger partial charge in [-0.1, -0.05) is 48.1 Å². The Morgan fingerprint density at radius 2 is 1.83 bits per heavy atom. The van der Waals surface area contributed by atoms with Crippen LogP contribution in [0.2, 0.25) is 0 Å². The fourth-order valence-corrected chi connectivity index (χ4v) is 3.10. The van der Waals surface area contributed by atoms with E-state index in [-0.39, 0.29) is 22.3 Å². The third-order valence-corrected chi connectivity index (χ3v) is 4.53. The average Bonchev–Trinajstić information content (AvgIpc) is 2.57. The zero-order chi connectivity index (χ0) is 16.4. The van der Waals surface area contributed by atoms with E-state index in [0.29, 0.717) is 18.4 Å². The van der Waals surface area contributed by atoms with E-state index in [2.05, 4.69) is 6.08 Å². The van der Waals surface area contributed by atoms with Crippen molar-refractivity contribution in [3.63, 3.8) is 0 Å². The molecule has 3 nitrogen and oxygen atoms in total. The Bertz CT molecular complexity index is 756. The molecule has 0 amide bonds. The van der Waals surface area contributed by atoms with Crippen molar-refractivity contribution in [2.75, 3.05) is 0 Å². The van der Waals surface area contributed by atoms with E-state index in [1.807, 2.05) is 12.2 Å². The monoisotopic (exact) mass is 328 g/mol. The molecule has 2 aliphatic rings. The summed E-state index contributed by atoms with van der Waals surface area (Å²) in [5.74, 6) is -1.18. The maximum atomic E-state index is 12.2. The summed E-state index contributed by atoms with van der Waals surface area (Å²) in [5, 5.41) is 10.4. The molecular weight excluding hydrogens is 312 g/mol. The molecule has 1 N–H and O–H groups in total. The van der Waals surface area contributed by atoms with Crippen molar-refractivity contribution >= 4 is 28.9 Å². The third kappa shape index (κ3) is 3.15. The number of aliphatic hydroxyl groups is 1. The summed E-state index contributed by atoms with van der Waals surface area (Å²) in [4.78, 5) is 24.4. The van der Waals surface area contributed by atoms with Crippen LogP contribution in [0, 0.1) is 0 Å². The molecule has 3 rings (SSSR count). The summed E-state index contributed by atoms with van der Waals surface area (Å²) in [5.41, 5.74) is 2.14. The van der Waals surface area contributed by atoms with Crippen LogP contribution < -0.4 is 0 Å². The number of Topliss-reactive ketones (excluding diaryl/α,β-unsaturated/α-hetero) is 2. The van der Waals surface area contributed by atoms with Crippen LogP contribution >= 0.6 is 11.6 Å². The van der Waals surface area contributed by atoms with Gasteiger partial charge in [0.05, 0.1) is 5.38 Å². The number of ketones is 2. The maximum Gasteiger partial charge on any atom is 0.234 e. The van der Waals surface area contributed by atoms with Gasteiger partial charge in [-0.2, -0.15) is 0 Å². The Labute approximate surface area is 140 Å². The zero-order valence-corrected chi connectivity index (χ0v) is 13.3. The smallest absolute Gasteiger partial charge is 0.234 e. The molecule has 0 saturated heterocycles. The second-order valence-corrected chi connectivity index (χ2v) is 6.33. The van der Waals surface area contributed by atoms with Crippen molar-refractivity contribution in [1.29, 1.82) is 0 Å². The van der Waals surface area contributed by atoms with E-state index in [1.54, 1.807) is 24.3 Å². The predicted molar refractivity (Wildman–Crippen MR) is 90.7 cm³/mol. The first-order valence-electron chi connectivity index (χ1n) is 7.70. The van der Waals surface area contributed by atoms with Crippen molar-refractivity contribution in [3.8, 4) is 0 Å². The number of hydrogen-bond donors (Lipinski definition) is 1. The molecule has 4 heteroatoms. The van der Waals surface area contributed by atoms with Crippen LogP contribution in [-0.4, -0.2) is 22.1 Å². The second kappa shape index (κ2) is 6.55. The molecule has 0 heterocycles. The van der Waals surface area contributed by atoms with Gasteiger partial charge in [0.25, 0.3) is 0 Å². The highest BCUT2D eigenvalue weighted by molar-refractivity contribution is 6.52. The lowest BCUT2D eigenvalue weighted by molar-refractivity contribution is -0.112. The van der Waals surface area contributed by atoms with Crippen LogP contribution in [0.4, 0.5) is 0 Å². The molecule has 0 aliphatic heterocycles. The van der Waals surface area contributed by atoms with Gasteiger partial charge < -0.3 is 5.11 Å². The molecule has 0 bridgehead atoms. The van der Waals surface area contributed by atoms with Crippen molar-refractivity contribution in [1.82, 2.24) is 0 Å². The lowest BCUT2D eigenvalue weighted by Gasteiger charge is -2.18. The van der Waals surface area contributed by atoms with Gasteiger partial charge in [-0.05, 0) is 25.7 Å². The van der Waals surface area contributed by atoms with Gasteiger partial charge in [-0.3, -0.25) is 9.59 Å². The lowest BCUT2D eigenvalue weighted by atomic mass is 9.86. The number of benzene rings is 1. The molecule has 0 spiro atoms. The molecule has 118 valence electrons. The van der Waals surface area contributed by atoms with Crippen LogP contribution in [0.25, 0.3) is 5.76 Å². The van der Waals surface area contributed by atoms with Gasteiger partial charge in [0, 0.05) is 16.7 Å². The molecule has 1 aromatic rings. The fourth-order valence-electron chi connectivity index (χ4n) is 2.94. The summed E-state index contributed by atoms with van der Waals surface area (Å²) < 4.78 is 0.